The zero-order valence-corrected chi connectivity index (χ0v) is 15.7. The fraction of sp³-hybridized carbons (Fsp3) is 0.167. The van der Waals surface area contributed by atoms with E-state index in [-0.39, 0.29) is 12.3 Å². The molecule has 0 atom stereocenters. The number of benzene rings is 2. The summed E-state index contributed by atoms with van der Waals surface area (Å²) in [6.07, 6.45) is 2.32. The minimum absolute atomic E-state index is 0.0611. The molecule has 2 rings (SSSR count). The predicted octanol–water partition coefficient (Wildman–Crippen LogP) is 1.64. The van der Waals surface area contributed by atoms with Gasteiger partial charge in [-0.15, -0.1) is 0 Å². The second kappa shape index (κ2) is 9.48. The predicted molar refractivity (Wildman–Crippen MR) is 102 cm³/mol. The molecule has 1 N–H and O–H groups in total. The fourth-order valence-electron chi connectivity index (χ4n) is 2.12. The molecular weight excluding hydrogens is 387 g/mol. The summed E-state index contributed by atoms with van der Waals surface area (Å²) in [6, 6.07) is 13.2. The van der Waals surface area contributed by atoms with E-state index >= 15 is 0 Å². The van der Waals surface area contributed by atoms with Crippen LogP contribution in [-0.2, 0) is 14.8 Å². The van der Waals surface area contributed by atoms with Gasteiger partial charge in [-0.25, -0.2) is 18.2 Å². The highest BCUT2D eigenvalue weighted by Gasteiger charge is 2.20. The van der Waals surface area contributed by atoms with E-state index in [0.717, 1.165) is 22.7 Å². The van der Waals surface area contributed by atoms with Crippen LogP contribution in [0.5, 0.6) is 5.75 Å². The molecule has 0 radical (unpaired) electrons. The van der Waals surface area contributed by atoms with Gasteiger partial charge in [-0.05, 0) is 54.1 Å². The molecular formula is C18H17FN4O4S. The number of rotatable bonds is 8. The molecule has 0 aromatic heterocycles. The number of nitrogens with zero attached hydrogens (tertiary/aromatic N) is 3. The lowest BCUT2D eigenvalue weighted by Gasteiger charge is -2.21. The van der Waals surface area contributed by atoms with Gasteiger partial charge in [-0.3, -0.25) is 9.10 Å². The number of sulfonamides is 1. The summed E-state index contributed by atoms with van der Waals surface area (Å²) >= 11 is 0. The average molecular weight is 404 g/mol. The normalized spacial score (nSPS) is 11.0. The summed E-state index contributed by atoms with van der Waals surface area (Å²) in [5.74, 6) is -0.666. The van der Waals surface area contributed by atoms with Gasteiger partial charge >= 0.3 is 0 Å². The standard InChI is InChI=1S/C18H17FN4O4S/c1-28(25,26)23(16-6-4-15(19)5-7-16)13-18(24)22-21-12-14-2-8-17(9-3-14)27-11-10-20/h2-9,12H,11,13H2,1H3,(H,22,24)/b21-12-. The largest absolute Gasteiger partial charge is 0.479 e. The van der Waals surface area contributed by atoms with Gasteiger partial charge in [0.05, 0.1) is 18.2 Å². The van der Waals surface area contributed by atoms with Gasteiger partial charge in [0.25, 0.3) is 5.91 Å². The first-order chi connectivity index (χ1) is 13.3. The van der Waals surface area contributed by atoms with Crippen LogP contribution in [0.4, 0.5) is 10.1 Å². The third kappa shape index (κ3) is 6.37. The first-order valence-electron chi connectivity index (χ1n) is 7.94. The van der Waals surface area contributed by atoms with Crippen molar-refractivity contribution in [2.24, 2.45) is 5.10 Å². The molecule has 8 nitrogen and oxygen atoms in total. The molecule has 0 aliphatic carbocycles. The monoisotopic (exact) mass is 404 g/mol. The SMILES string of the molecule is CS(=O)(=O)N(CC(=O)N/N=C\c1ccc(OCC#N)cc1)c1ccc(F)cc1. The van der Waals surface area contributed by atoms with Gasteiger partial charge < -0.3 is 4.74 Å². The van der Waals surface area contributed by atoms with Crippen molar-refractivity contribution in [1.29, 1.82) is 5.26 Å². The number of anilines is 1. The van der Waals surface area contributed by atoms with Crippen LogP contribution in [0.25, 0.3) is 0 Å². The first-order valence-corrected chi connectivity index (χ1v) is 9.79. The van der Waals surface area contributed by atoms with Crippen molar-refractivity contribution < 1.29 is 22.3 Å². The van der Waals surface area contributed by atoms with Crippen LogP contribution in [0.1, 0.15) is 5.56 Å². The van der Waals surface area contributed by atoms with Crippen molar-refractivity contribution in [1.82, 2.24) is 5.43 Å². The molecule has 0 unspecified atom stereocenters. The topological polar surface area (TPSA) is 112 Å². The molecule has 28 heavy (non-hydrogen) atoms. The van der Waals surface area contributed by atoms with E-state index < -0.39 is 28.3 Å². The number of nitrogens with one attached hydrogen (secondary N) is 1. The molecule has 2 aromatic rings. The maximum Gasteiger partial charge on any atom is 0.260 e. The lowest BCUT2D eigenvalue weighted by Crippen LogP contribution is -2.39. The van der Waals surface area contributed by atoms with E-state index in [1.807, 2.05) is 6.07 Å². The highest BCUT2D eigenvalue weighted by molar-refractivity contribution is 7.92. The number of carbonyl (C=O) groups excluding carboxylic acids is 1. The van der Waals surface area contributed by atoms with Crippen molar-refractivity contribution in [2.45, 2.75) is 0 Å². The summed E-state index contributed by atoms with van der Waals surface area (Å²) in [5, 5.41) is 12.2. The number of amides is 1. The zero-order valence-electron chi connectivity index (χ0n) is 14.9. The number of hydrogen-bond acceptors (Lipinski definition) is 6. The Morgan fingerprint density at radius 1 is 1.25 bits per heavy atom. The smallest absolute Gasteiger partial charge is 0.260 e. The van der Waals surface area contributed by atoms with Crippen LogP contribution >= 0.6 is 0 Å². The summed E-state index contributed by atoms with van der Waals surface area (Å²) in [4.78, 5) is 12.0. The van der Waals surface area contributed by atoms with Gasteiger partial charge in [0, 0.05) is 0 Å². The summed E-state index contributed by atoms with van der Waals surface area (Å²) in [5.41, 5.74) is 3.06. The van der Waals surface area contributed by atoms with Crippen LogP contribution in [0.2, 0.25) is 0 Å². The number of halogens is 1. The Morgan fingerprint density at radius 2 is 1.89 bits per heavy atom. The second-order valence-corrected chi connectivity index (χ2v) is 7.46. The van der Waals surface area contributed by atoms with Crippen molar-refractivity contribution in [3.63, 3.8) is 0 Å². The third-order valence-corrected chi connectivity index (χ3v) is 4.53. The number of ether oxygens (including phenoxy) is 1. The Labute approximate surface area is 161 Å². The Morgan fingerprint density at radius 3 is 2.46 bits per heavy atom. The lowest BCUT2D eigenvalue weighted by molar-refractivity contribution is -0.119. The molecule has 10 heteroatoms. The molecule has 0 heterocycles. The van der Waals surface area contributed by atoms with E-state index in [0.29, 0.717) is 11.3 Å². The molecule has 0 saturated carbocycles. The van der Waals surface area contributed by atoms with Gasteiger partial charge in [0.2, 0.25) is 10.0 Å². The third-order valence-electron chi connectivity index (χ3n) is 3.39. The fourth-order valence-corrected chi connectivity index (χ4v) is 2.97. The molecule has 2 aromatic carbocycles. The Balaban J connectivity index is 1.98. The summed E-state index contributed by atoms with van der Waals surface area (Å²) in [7, 11) is -3.75. The van der Waals surface area contributed by atoms with Crippen LogP contribution in [0.3, 0.4) is 0 Å². The van der Waals surface area contributed by atoms with Crippen molar-refractivity contribution >= 4 is 27.8 Å². The molecule has 0 saturated heterocycles. The number of hydrazone groups is 1. The van der Waals surface area contributed by atoms with E-state index in [1.165, 1.54) is 18.3 Å². The van der Waals surface area contributed by atoms with Gasteiger partial charge in [-0.2, -0.15) is 10.4 Å². The van der Waals surface area contributed by atoms with Crippen LogP contribution in [-0.4, -0.2) is 39.9 Å². The van der Waals surface area contributed by atoms with Crippen molar-refractivity contribution in [2.75, 3.05) is 23.7 Å². The van der Waals surface area contributed by atoms with Crippen LogP contribution in [0.15, 0.2) is 53.6 Å². The Kier molecular flexibility index (Phi) is 7.06. The van der Waals surface area contributed by atoms with E-state index in [9.17, 15) is 17.6 Å². The van der Waals surface area contributed by atoms with Crippen molar-refractivity contribution in [3.8, 4) is 11.8 Å². The van der Waals surface area contributed by atoms with E-state index in [1.54, 1.807) is 24.3 Å². The maximum absolute atomic E-state index is 13.0. The summed E-state index contributed by atoms with van der Waals surface area (Å²) < 4.78 is 42.9. The Hall–Kier alpha value is -3.45. The lowest BCUT2D eigenvalue weighted by atomic mass is 10.2. The average Bonchev–Trinajstić information content (AvgIpc) is 2.65. The zero-order chi connectivity index (χ0) is 20.6. The molecule has 1 amide bonds. The molecule has 0 fully saturated rings. The highest BCUT2D eigenvalue weighted by atomic mass is 32.2. The molecule has 0 spiro atoms. The highest BCUT2D eigenvalue weighted by Crippen LogP contribution is 2.17. The second-order valence-electron chi connectivity index (χ2n) is 5.56. The van der Waals surface area contributed by atoms with E-state index in [4.69, 9.17) is 10.00 Å². The summed E-state index contributed by atoms with van der Waals surface area (Å²) in [6.45, 7) is -0.572. The van der Waals surface area contributed by atoms with Gasteiger partial charge in [0.1, 0.15) is 24.2 Å². The van der Waals surface area contributed by atoms with Gasteiger partial charge in [0.15, 0.2) is 6.61 Å². The van der Waals surface area contributed by atoms with Crippen LogP contribution in [0, 0.1) is 17.1 Å². The van der Waals surface area contributed by atoms with Gasteiger partial charge in [-0.1, -0.05) is 0 Å². The number of carbonyl (C=O) groups is 1. The molecule has 0 aliphatic rings. The minimum Gasteiger partial charge on any atom is -0.479 e. The van der Waals surface area contributed by atoms with Crippen LogP contribution < -0.4 is 14.5 Å². The first kappa shape index (κ1) is 20.9. The minimum atomic E-state index is -3.75. The maximum atomic E-state index is 13.0. The number of nitriles is 1. The van der Waals surface area contributed by atoms with E-state index in [2.05, 4.69) is 10.5 Å². The Bertz CT molecular complexity index is 984. The molecule has 0 aliphatic heterocycles. The quantitative estimate of drug-likeness (QED) is 0.531. The number of hydrogen-bond donors (Lipinski definition) is 1. The molecule has 0 bridgehead atoms. The van der Waals surface area contributed by atoms with Crippen molar-refractivity contribution in [3.05, 3.63) is 59.9 Å². The molecule has 146 valence electrons.